The minimum atomic E-state index is -3.60. The Bertz CT molecular complexity index is 523. The van der Waals surface area contributed by atoms with Gasteiger partial charge < -0.3 is 0 Å². The summed E-state index contributed by atoms with van der Waals surface area (Å²) in [4.78, 5) is 3.72. The molecular formula is C8H13NO4S2. The van der Waals surface area contributed by atoms with Gasteiger partial charge in [-0.2, -0.15) is 0 Å². The molecule has 0 aliphatic carbocycles. The molecule has 0 atom stereocenters. The van der Waals surface area contributed by atoms with Crippen molar-refractivity contribution in [3.05, 3.63) is 11.1 Å². The monoisotopic (exact) mass is 251 g/mol. The molecule has 15 heavy (non-hydrogen) atoms. The fraction of sp³-hybridized carbons (Fsp3) is 0.625. The van der Waals surface area contributed by atoms with Crippen molar-refractivity contribution in [2.24, 2.45) is 4.99 Å². The fourth-order valence-corrected chi connectivity index (χ4v) is 3.56. The molecule has 0 saturated heterocycles. The maximum Gasteiger partial charge on any atom is 0.218 e. The SMILES string of the molecule is CC1=CN=C(CS(=O)(=O)C(C)C)S1(=O)=O. The molecule has 0 saturated carbocycles. The Morgan fingerprint density at radius 3 is 2.27 bits per heavy atom. The number of nitrogens with zero attached hydrogens (tertiary/aromatic N) is 1. The number of hydrogen-bond acceptors (Lipinski definition) is 5. The Kier molecular flexibility index (Phi) is 3.06. The third kappa shape index (κ3) is 2.28. The van der Waals surface area contributed by atoms with E-state index >= 15 is 0 Å². The molecule has 0 spiro atoms. The van der Waals surface area contributed by atoms with E-state index in [2.05, 4.69) is 4.99 Å². The Morgan fingerprint density at radius 2 is 1.93 bits per heavy atom. The summed E-state index contributed by atoms with van der Waals surface area (Å²) < 4.78 is 46.1. The zero-order valence-corrected chi connectivity index (χ0v) is 10.4. The van der Waals surface area contributed by atoms with Gasteiger partial charge in [-0.15, -0.1) is 0 Å². The summed E-state index contributed by atoms with van der Waals surface area (Å²) in [6.45, 7) is 4.42. The van der Waals surface area contributed by atoms with Gasteiger partial charge in [-0.05, 0) is 20.8 Å². The lowest BCUT2D eigenvalue weighted by molar-refractivity contribution is 0.590. The molecule has 0 radical (unpaired) electrons. The van der Waals surface area contributed by atoms with E-state index in [1.165, 1.54) is 27.0 Å². The summed E-state index contributed by atoms with van der Waals surface area (Å²) in [5.74, 6) is -0.513. The largest absolute Gasteiger partial charge is 0.247 e. The van der Waals surface area contributed by atoms with Crippen LogP contribution >= 0.6 is 0 Å². The van der Waals surface area contributed by atoms with E-state index in [0.29, 0.717) is 0 Å². The molecule has 0 aromatic rings. The van der Waals surface area contributed by atoms with E-state index in [0.717, 1.165) is 0 Å². The third-order valence-electron chi connectivity index (χ3n) is 2.17. The molecule has 0 bridgehead atoms. The molecule has 86 valence electrons. The summed E-state index contributed by atoms with van der Waals surface area (Å²) in [6, 6.07) is 0. The zero-order valence-electron chi connectivity index (χ0n) is 8.76. The molecule has 0 N–H and O–H groups in total. The molecule has 5 nitrogen and oxygen atoms in total. The van der Waals surface area contributed by atoms with Crippen molar-refractivity contribution in [2.45, 2.75) is 26.0 Å². The first-order chi connectivity index (χ1) is 6.68. The second-order valence-electron chi connectivity index (χ2n) is 3.62. The lowest BCUT2D eigenvalue weighted by Gasteiger charge is -2.07. The number of rotatable bonds is 3. The molecular weight excluding hydrogens is 238 g/mol. The summed E-state index contributed by atoms with van der Waals surface area (Å²) in [6.07, 6.45) is 1.18. The fourth-order valence-electron chi connectivity index (χ4n) is 0.941. The first-order valence-electron chi connectivity index (χ1n) is 4.38. The van der Waals surface area contributed by atoms with Crippen LogP contribution < -0.4 is 0 Å². The zero-order chi connectivity index (χ0) is 11.9. The van der Waals surface area contributed by atoms with E-state index in [4.69, 9.17) is 0 Å². The van der Waals surface area contributed by atoms with E-state index in [1.807, 2.05) is 0 Å². The van der Waals surface area contributed by atoms with Crippen molar-refractivity contribution < 1.29 is 16.8 Å². The van der Waals surface area contributed by atoms with E-state index in [-0.39, 0.29) is 9.95 Å². The van der Waals surface area contributed by atoms with Crippen LogP contribution in [0.1, 0.15) is 20.8 Å². The van der Waals surface area contributed by atoms with Gasteiger partial charge in [0.15, 0.2) is 14.9 Å². The van der Waals surface area contributed by atoms with E-state index < -0.39 is 30.7 Å². The Labute approximate surface area is 89.7 Å². The quantitative estimate of drug-likeness (QED) is 0.731. The predicted octanol–water partition coefficient (Wildman–Crippen LogP) is 0.498. The summed E-state index contributed by atoms with van der Waals surface area (Å²) in [7, 11) is -7.02. The van der Waals surface area contributed by atoms with Crippen LogP contribution in [-0.2, 0) is 19.7 Å². The number of allylic oxidation sites excluding steroid dienone is 1. The molecule has 0 unspecified atom stereocenters. The number of sulfone groups is 2. The van der Waals surface area contributed by atoms with Crippen molar-refractivity contribution >= 4 is 24.7 Å². The van der Waals surface area contributed by atoms with Gasteiger partial charge in [0, 0.05) is 6.20 Å². The molecule has 7 heteroatoms. The minimum absolute atomic E-state index is 0.0939. The average molecular weight is 251 g/mol. The van der Waals surface area contributed by atoms with Gasteiger partial charge >= 0.3 is 0 Å². The number of hydrogen-bond donors (Lipinski definition) is 0. The Hall–Kier alpha value is -0.690. The molecule has 1 aliphatic rings. The van der Waals surface area contributed by atoms with Crippen LogP contribution in [0.2, 0.25) is 0 Å². The van der Waals surface area contributed by atoms with Gasteiger partial charge in [0.2, 0.25) is 9.84 Å². The molecule has 1 rings (SSSR count). The van der Waals surface area contributed by atoms with Gasteiger partial charge in [-0.25, -0.2) is 21.8 Å². The Morgan fingerprint density at radius 1 is 1.40 bits per heavy atom. The topological polar surface area (TPSA) is 80.6 Å². The standard InChI is InChI=1S/C8H13NO4S2/c1-6(2)14(10,11)5-8-9-4-7(3)15(8,12)13/h4,6H,5H2,1-3H3. The third-order valence-corrected chi connectivity index (χ3v) is 6.29. The molecule has 0 aromatic heterocycles. The first kappa shape index (κ1) is 12.4. The maximum absolute atomic E-state index is 11.5. The van der Waals surface area contributed by atoms with Crippen molar-refractivity contribution in [1.29, 1.82) is 0 Å². The second-order valence-corrected chi connectivity index (χ2v) is 8.30. The van der Waals surface area contributed by atoms with Crippen molar-refractivity contribution in [3.8, 4) is 0 Å². The van der Waals surface area contributed by atoms with Crippen LogP contribution in [0.15, 0.2) is 16.1 Å². The predicted molar refractivity (Wildman–Crippen MR) is 59.0 cm³/mol. The number of aliphatic imine (C=N–C) groups is 1. The summed E-state index contributed by atoms with van der Waals surface area (Å²) in [5, 5.41) is -0.870. The summed E-state index contributed by atoms with van der Waals surface area (Å²) >= 11 is 0. The van der Waals surface area contributed by atoms with Gasteiger partial charge in [0.05, 0.1) is 10.2 Å². The lowest BCUT2D eigenvalue weighted by Crippen LogP contribution is -2.27. The molecule has 0 amide bonds. The lowest BCUT2D eigenvalue weighted by atomic mass is 10.6. The van der Waals surface area contributed by atoms with Crippen molar-refractivity contribution in [1.82, 2.24) is 0 Å². The van der Waals surface area contributed by atoms with Crippen LogP contribution in [0.5, 0.6) is 0 Å². The second kappa shape index (κ2) is 3.71. The highest BCUT2D eigenvalue weighted by Gasteiger charge is 2.31. The van der Waals surface area contributed by atoms with Gasteiger partial charge in [0.25, 0.3) is 0 Å². The minimum Gasteiger partial charge on any atom is -0.247 e. The van der Waals surface area contributed by atoms with Gasteiger partial charge in [0.1, 0.15) is 5.75 Å². The summed E-state index contributed by atoms with van der Waals surface area (Å²) in [5.41, 5.74) is 0. The normalized spacial score (nSPS) is 20.3. The van der Waals surface area contributed by atoms with Gasteiger partial charge in [-0.1, -0.05) is 0 Å². The van der Waals surface area contributed by atoms with Crippen LogP contribution in [-0.4, -0.2) is 32.9 Å². The van der Waals surface area contributed by atoms with Crippen LogP contribution in [0.25, 0.3) is 0 Å². The van der Waals surface area contributed by atoms with Crippen molar-refractivity contribution in [3.63, 3.8) is 0 Å². The highest BCUT2D eigenvalue weighted by molar-refractivity contribution is 8.11. The van der Waals surface area contributed by atoms with Crippen LogP contribution in [0.4, 0.5) is 0 Å². The highest BCUT2D eigenvalue weighted by Crippen LogP contribution is 2.18. The molecule has 1 heterocycles. The molecule has 1 aliphatic heterocycles. The maximum atomic E-state index is 11.5. The van der Waals surface area contributed by atoms with E-state index in [1.54, 1.807) is 0 Å². The average Bonchev–Trinajstić information content (AvgIpc) is 2.31. The first-order valence-corrected chi connectivity index (χ1v) is 7.58. The van der Waals surface area contributed by atoms with Crippen LogP contribution in [0.3, 0.4) is 0 Å². The molecule has 0 aromatic carbocycles. The molecule has 0 fully saturated rings. The highest BCUT2D eigenvalue weighted by atomic mass is 32.2. The smallest absolute Gasteiger partial charge is 0.218 e. The Balaban J connectivity index is 3.00. The van der Waals surface area contributed by atoms with Crippen LogP contribution in [0, 0.1) is 0 Å². The van der Waals surface area contributed by atoms with E-state index in [9.17, 15) is 16.8 Å². The van der Waals surface area contributed by atoms with Gasteiger partial charge in [-0.3, -0.25) is 0 Å². The van der Waals surface area contributed by atoms with Crippen molar-refractivity contribution in [2.75, 3.05) is 5.75 Å².